The Morgan fingerprint density at radius 2 is 2.20 bits per heavy atom. The van der Waals surface area contributed by atoms with E-state index in [1.807, 2.05) is 29.2 Å². The fourth-order valence-corrected chi connectivity index (χ4v) is 3.16. The van der Waals surface area contributed by atoms with Crippen molar-refractivity contribution in [2.75, 3.05) is 33.9 Å². The molecular weight excluding hydrogens is 318 g/mol. The van der Waals surface area contributed by atoms with Crippen LogP contribution < -0.4 is 4.74 Å². The van der Waals surface area contributed by atoms with E-state index < -0.39 is 0 Å². The lowest BCUT2D eigenvalue weighted by molar-refractivity contribution is -0.136. The van der Waals surface area contributed by atoms with Gasteiger partial charge in [-0.1, -0.05) is 12.1 Å². The van der Waals surface area contributed by atoms with E-state index in [0.717, 1.165) is 42.1 Å². The number of likely N-dealkylation sites (tertiary alicyclic amines) is 1. The minimum absolute atomic E-state index is 0.0316. The number of methoxy groups -OCH3 is 2. The molecule has 0 saturated carbocycles. The summed E-state index contributed by atoms with van der Waals surface area (Å²) in [5, 5.41) is 0. The molecule has 0 N–H and O–H groups in total. The van der Waals surface area contributed by atoms with Crippen LogP contribution in [0.5, 0.6) is 5.75 Å². The van der Waals surface area contributed by atoms with Gasteiger partial charge in [0.1, 0.15) is 12.4 Å². The van der Waals surface area contributed by atoms with E-state index in [0.29, 0.717) is 6.54 Å². The number of carbonyl (C=O) groups excluding carboxylic acids is 1. The molecule has 0 unspecified atom stereocenters. The Hall–Kier alpha value is -2.47. The molecule has 0 spiro atoms. The lowest BCUT2D eigenvalue weighted by Crippen LogP contribution is -2.41. The highest BCUT2D eigenvalue weighted by Gasteiger charge is 2.25. The summed E-state index contributed by atoms with van der Waals surface area (Å²) in [5.41, 5.74) is 2.71. The van der Waals surface area contributed by atoms with Crippen LogP contribution in [0.1, 0.15) is 24.5 Å². The molecule has 2 heterocycles. The van der Waals surface area contributed by atoms with Crippen LogP contribution in [0.3, 0.4) is 0 Å². The Bertz CT molecular complexity index is 735. The minimum Gasteiger partial charge on any atom is -0.497 e. The molecule has 6 nitrogen and oxygen atoms in total. The summed E-state index contributed by atoms with van der Waals surface area (Å²) >= 11 is 0. The van der Waals surface area contributed by atoms with Crippen molar-refractivity contribution >= 4 is 5.91 Å². The molecule has 1 saturated heterocycles. The smallest absolute Gasteiger partial charge is 0.248 e. The Balaban J connectivity index is 1.80. The molecule has 25 heavy (non-hydrogen) atoms. The first-order chi connectivity index (χ1) is 12.2. The fourth-order valence-electron chi connectivity index (χ4n) is 3.16. The number of carbonyl (C=O) groups is 1. The zero-order chi connectivity index (χ0) is 17.6. The van der Waals surface area contributed by atoms with Crippen molar-refractivity contribution in [3.05, 3.63) is 42.4 Å². The summed E-state index contributed by atoms with van der Waals surface area (Å²) in [7, 11) is 3.19. The van der Waals surface area contributed by atoms with Gasteiger partial charge in [0.25, 0.3) is 0 Å². The molecule has 1 atom stereocenters. The van der Waals surface area contributed by atoms with Gasteiger partial charge in [0.2, 0.25) is 5.91 Å². The Morgan fingerprint density at radius 3 is 3.00 bits per heavy atom. The number of piperidine rings is 1. The molecule has 0 bridgehead atoms. The molecule has 1 fully saturated rings. The van der Waals surface area contributed by atoms with Gasteiger partial charge in [0.15, 0.2) is 0 Å². The third-order valence-corrected chi connectivity index (χ3v) is 4.48. The summed E-state index contributed by atoms with van der Waals surface area (Å²) in [5.74, 6) is 1.02. The third-order valence-electron chi connectivity index (χ3n) is 4.48. The van der Waals surface area contributed by atoms with E-state index in [4.69, 9.17) is 14.5 Å². The highest BCUT2D eigenvalue weighted by atomic mass is 16.5. The van der Waals surface area contributed by atoms with Gasteiger partial charge in [-0.05, 0) is 25.0 Å². The molecule has 6 heteroatoms. The number of ether oxygens (including phenoxy) is 2. The average molecular weight is 341 g/mol. The second kappa shape index (κ2) is 8.07. The predicted molar refractivity (Wildman–Crippen MR) is 94.5 cm³/mol. The maximum absolute atomic E-state index is 12.1. The summed E-state index contributed by atoms with van der Waals surface area (Å²) < 4.78 is 10.2. The monoisotopic (exact) mass is 341 g/mol. The summed E-state index contributed by atoms with van der Waals surface area (Å²) in [4.78, 5) is 23.1. The van der Waals surface area contributed by atoms with Crippen LogP contribution in [0, 0.1) is 0 Å². The standard InChI is InChI=1S/C19H23N3O3/c1-24-13-19(23)22-8-4-6-15(12-22)18-11-20-10-17(21-18)14-5-3-7-16(9-14)25-2/h3,5,7,9-11,15H,4,6,8,12-13H2,1-2H3/t15-/m1/s1. The first kappa shape index (κ1) is 17.4. The first-order valence-electron chi connectivity index (χ1n) is 8.44. The van der Waals surface area contributed by atoms with E-state index in [-0.39, 0.29) is 18.4 Å². The zero-order valence-corrected chi connectivity index (χ0v) is 14.6. The van der Waals surface area contributed by atoms with Gasteiger partial charge in [-0.3, -0.25) is 9.78 Å². The van der Waals surface area contributed by atoms with Crippen molar-refractivity contribution in [2.24, 2.45) is 0 Å². The summed E-state index contributed by atoms with van der Waals surface area (Å²) in [6.45, 7) is 1.57. The van der Waals surface area contributed by atoms with Gasteiger partial charge in [-0.2, -0.15) is 0 Å². The minimum atomic E-state index is 0.0316. The van der Waals surface area contributed by atoms with Crippen LogP contribution in [-0.4, -0.2) is 54.7 Å². The molecule has 2 aromatic rings. The average Bonchev–Trinajstić information content (AvgIpc) is 2.68. The number of rotatable bonds is 5. The van der Waals surface area contributed by atoms with Crippen molar-refractivity contribution < 1.29 is 14.3 Å². The van der Waals surface area contributed by atoms with Crippen molar-refractivity contribution in [3.8, 4) is 17.0 Å². The normalized spacial score (nSPS) is 17.4. The molecule has 0 aliphatic carbocycles. The predicted octanol–water partition coefficient (Wildman–Crippen LogP) is 2.50. The number of aromatic nitrogens is 2. The highest BCUT2D eigenvalue weighted by molar-refractivity contribution is 5.77. The van der Waals surface area contributed by atoms with Gasteiger partial charge in [-0.15, -0.1) is 0 Å². The maximum Gasteiger partial charge on any atom is 0.248 e. The van der Waals surface area contributed by atoms with Crippen LogP contribution in [0.15, 0.2) is 36.7 Å². The lowest BCUT2D eigenvalue weighted by atomic mass is 9.94. The molecule has 1 amide bonds. The summed E-state index contributed by atoms with van der Waals surface area (Å²) in [6.07, 6.45) is 5.53. The topological polar surface area (TPSA) is 64.5 Å². The van der Waals surface area contributed by atoms with Crippen LogP contribution in [0.4, 0.5) is 0 Å². The van der Waals surface area contributed by atoms with Gasteiger partial charge in [0.05, 0.1) is 24.7 Å². The molecule has 0 radical (unpaired) electrons. The molecule has 1 aromatic carbocycles. The highest BCUT2D eigenvalue weighted by Crippen LogP contribution is 2.28. The number of benzene rings is 1. The van der Waals surface area contributed by atoms with Gasteiger partial charge in [0, 0.05) is 37.9 Å². The van der Waals surface area contributed by atoms with E-state index in [1.54, 1.807) is 26.6 Å². The van der Waals surface area contributed by atoms with Gasteiger partial charge < -0.3 is 14.4 Å². The van der Waals surface area contributed by atoms with Crippen LogP contribution in [-0.2, 0) is 9.53 Å². The molecule has 1 aromatic heterocycles. The first-order valence-corrected chi connectivity index (χ1v) is 8.44. The Labute approximate surface area is 147 Å². The Kier molecular flexibility index (Phi) is 5.60. The molecule has 3 rings (SSSR count). The van der Waals surface area contributed by atoms with Crippen molar-refractivity contribution in [1.82, 2.24) is 14.9 Å². The van der Waals surface area contributed by atoms with E-state index in [1.165, 1.54) is 0 Å². The second-order valence-electron chi connectivity index (χ2n) is 6.17. The summed E-state index contributed by atoms with van der Waals surface area (Å²) in [6, 6.07) is 7.78. The van der Waals surface area contributed by atoms with Gasteiger partial charge in [-0.25, -0.2) is 4.98 Å². The third kappa shape index (κ3) is 4.14. The van der Waals surface area contributed by atoms with Gasteiger partial charge >= 0.3 is 0 Å². The largest absolute Gasteiger partial charge is 0.497 e. The number of hydrogen-bond acceptors (Lipinski definition) is 5. The van der Waals surface area contributed by atoms with Crippen LogP contribution >= 0.6 is 0 Å². The second-order valence-corrected chi connectivity index (χ2v) is 6.17. The lowest BCUT2D eigenvalue weighted by Gasteiger charge is -2.32. The molecule has 1 aliphatic heterocycles. The van der Waals surface area contributed by atoms with Crippen molar-refractivity contribution in [3.63, 3.8) is 0 Å². The van der Waals surface area contributed by atoms with E-state index in [9.17, 15) is 4.79 Å². The fraction of sp³-hybridized carbons (Fsp3) is 0.421. The van der Waals surface area contributed by atoms with E-state index in [2.05, 4.69) is 4.98 Å². The quantitative estimate of drug-likeness (QED) is 0.836. The van der Waals surface area contributed by atoms with Crippen LogP contribution in [0.25, 0.3) is 11.3 Å². The van der Waals surface area contributed by atoms with Crippen LogP contribution in [0.2, 0.25) is 0 Å². The number of hydrogen-bond donors (Lipinski definition) is 0. The van der Waals surface area contributed by atoms with Crippen molar-refractivity contribution in [2.45, 2.75) is 18.8 Å². The molecular formula is C19H23N3O3. The molecule has 132 valence electrons. The SMILES string of the molecule is COCC(=O)N1CCC[C@@H](c2cncc(-c3cccc(OC)c3)n2)C1. The van der Waals surface area contributed by atoms with E-state index >= 15 is 0 Å². The Morgan fingerprint density at radius 1 is 1.32 bits per heavy atom. The zero-order valence-electron chi connectivity index (χ0n) is 14.6. The maximum atomic E-state index is 12.1. The van der Waals surface area contributed by atoms with Crippen molar-refractivity contribution in [1.29, 1.82) is 0 Å². The number of amides is 1. The number of nitrogens with zero attached hydrogens (tertiary/aromatic N) is 3. The molecule has 1 aliphatic rings.